The minimum absolute atomic E-state index is 0.0967. The van der Waals surface area contributed by atoms with Gasteiger partial charge < -0.3 is 9.47 Å². The van der Waals surface area contributed by atoms with E-state index in [1.54, 1.807) is 13.3 Å². The predicted octanol–water partition coefficient (Wildman–Crippen LogP) is 2.65. The van der Waals surface area contributed by atoms with Crippen LogP contribution in [0.3, 0.4) is 0 Å². The molecule has 1 aromatic carbocycles. The maximum absolute atomic E-state index is 5.60. The van der Waals surface area contributed by atoms with Crippen LogP contribution >= 0.6 is 0 Å². The fourth-order valence-electron chi connectivity index (χ4n) is 1.42. The van der Waals surface area contributed by atoms with Crippen molar-refractivity contribution in [3.05, 3.63) is 36.5 Å². The van der Waals surface area contributed by atoms with Crippen molar-refractivity contribution in [1.82, 2.24) is 4.98 Å². The maximum atomic E-state index is 5.60. The van der Waals surface area contributed by atoms with Gasteiger partial charge in [-0.25, -0.2) is 0 Å². The summed E-state index contributed by atoms with van der Waals surface area (Å²) in [5.41, 5.74) is 0.949. The van der Waals surface area contributed by atoms with Gasteiger partial charge in [0, 0.05) is 24.8 Å². The highest BCUT2D eigenvalue weighted by atomic mass is 16.5. The minimum Gasteiger partial charge on any atom is -0.491 e. The molecule has 0 aliphatic carbocycles. The normalized spacial score (nSPS) is 12.6. The molecule has 0 N–H and O–H groups in total. The van der Waals surface area contributed by atoms with Crippen LogP contribution in [0.1, 0.15) is 6.92 Å². The standard InChI is InChI=1S/C13H15NO2/c1-10(15-2)9-16-12-6-5-11-4-3-7-14-13(11)8-12/h3-8,10H,9H2,1-2H3/t10-/m0/s1. The third kappa shape index (κ3) is 2.49. The van der Waals surface area contributed by atoms with Crippen molar-refractivity contribution < 1.29 is 9.47 Å². The number of hydrogen-bond acceptors (Lipinski definition) is 3. The third-order valence-electron chi connectivity index (χ3n) is 2.46. The lowest BCUT2D eigenvalue weighted by atomic mass is 10.2. The van der Waals surface area contributed by atoms with E-state index in [2.05, 4.69) is 4.98 Å². The molecule has 0 aliphatic heterocycles. The van der Waals surface area contributed by atoms with Crippen LogP contribution in [0.15, 0.2) is 36.5 Å². The molecular formula is C13H15NO2. The molecule has 0 fully saturated rings. The van der Waals surface area contributed by atoms with Crippen molar-refractivity contribution >= 4 is 10.9 Å². The number of methoxy groups -OCH3 is 1. The molecule has 1 heterocycles. The molecule has 16 heavy (non-hydrogen) atoms. The minimum atomic E-state index is 0.0967. The molecular weight excluding hydrogens is 202 g/mol. The quantitative estimate of drug-likeness (QED) is 0.789. The molecule has 0 aliphatic rings. The van der Waals surface area contributed by atoms with E-state index in [1.165, 1.54) is 0 Å². The van der Waals surface area contributed by atoms with Crippen molar-refractivity contribution in [3.63, 3.8) is 0 Å². The van der Waals surface area contributed by atoms with Crippen molar-refractivity contribution in [2.45, 2.75) is 13.0 Å². The van der Waals surface area contributed by atoms with E-state index in [1.807, 2.05) is 37.3 Å². The van der Waals surface area contributed by atoms with Gasteiger partial charge in [-0.3, -0.25) is 4.98 Å². The van der Waals surface area contributed by atoms with Crippen molar-refractivity contribution in [3.8, 4) is 5.75 Å². The summed E-state index contributed by atoms with van der Waals surface area (Å²) in [5.74, 6) is 0.829. The van der Waals surface area contributed by atoms with Gasteiger partial charge in [0.1, 0.15) is 12.4 Å². The molecule has 1 aromatic heterocycles. The van der Waals surface area contributed by atoms with Crippen molar-refractivity contribution in [2.24, 2.45) is 0 Å². The number of aromatic nitrogens is 1. The third-order valence-corrected chi connectivity index (χ3v) is 2.46. The van der Waals surface area contributed by atoms with Gasteiger partial charge in [0.15, 0.2) is 0 Å². The second kappa shape index (κ2) is 4.94. The number of ether oxygens (including phenoxy) is 2. The van der Waals surface area contributed by atoms with Gasteiger partial charge >= 0.3 is 0 Å². The Balaban J connectivity index is 2.13. The fraction of sp³-hybridized carbons (Fsp3) is 0.308. The Hall–Kier alpha value is -1.61. The van der Waals surface area contributed by atoms with Gasteiger partial charge in [-0.2, -0.15) is 0 Å². The highest BCUT2D eigenvalue weighted by Gasteiger charge is 2.02. The van der Waals surface area contributed by atoms with Crippen LogP contribution in [-0.4, -0.2) is 24.8 Å². The zero-order valence-corrected chi connectivity index (χ0v) is 9.51. The second-order valence-corrected chi connectivity index (χ2v) is 3.72. The molecule has 1 atom stereocenters. The van der Waals surface area contributed by atoms with Gasteiger partial charge in [0.25, 0.3) is 0 Å². The Morgan fingerprint density at radius 1 is 1.31 bits per heavy atom. The molecule has 3 nitrogen and oxygen atoms in total. The van der Waals surface area contributed by atoms with Crippen LogP contribution in [0.5, 0.6) is 5.75 Å². The highest BCUT2D eigenvalue weighted by Crippen LogP contribution is 2.18. The van der Waals surface area contributed by atoms with Crippen LogP contribution in [0.2, 0.25) is 0 Å². The first-order chi connectivity index (χ1) is 7.79. The van der Waals surface area contributed by atoms with E-state index < -0.39 is 0 Å². The lowest BCUT2D eigenvalue weighted by Crippen LogP contribution is -2.15. The zero-order chi connectivity index (χ0) is 11.4. The molecule has 0 amide bonds. The topological polar surface area (TPSA) is 31.4 Å². The summed E-state index contributed by atoms with van der Waals surface area (Å²) < 4.78 is 10.7. The van der Waals surface area contributed by atoms with Gasteiger partial charge in [0.05, 0.1) is 11.6 Å². The van der Waals surface area contributed by atoms with Crippen LogP contribution in [0.4, 0.5) is 0 Å². The van der Waals surface area contributed by atoms with Gasteiger partial charge in [-0.05, 0) is 25.1 Å². The molecule has 0 saturated heterocycles. The van der Waals surface area contributed by atoms with E-state index in [0.29, 0.717) is 6.61 Å². The first kappa shape index (κ1) is 10.9. The second-order valence-electron chi connectivity index (χ2n) is 3.72. The number of nitrogens with zero attached hydrogens (tertiary/aromatic N) is 1. The summed E-state index contributed by atoms with van der Waals surface area (Å²) in [6.45, 7) is 2.52. The van der Waals surface area contributed by atoms with E-state index in [0.717, 1.165) is 16.7 Å². The first-order valence-corrected chi connectivity index (χ1v) is 5.30. The Morgan fingerprint density at radius 2 is 2.19 bits per heavy atom. The van der Waals surface area contributed by atoms with E-state index in [9.17, 15) is 0 Å². The Morgan fingerprint density at radius 3 is 3.00 bits per heavy atom. The van der Waals surface area contributed by atoms with Crippen LogP contribution in [0, 0.1) is 0 Å². The van der Waals surface area contributed by atoms with E-state index in [-0.39, 0.29) is 6.10 Å². The molecule has 0 spiro atoms. The van der Waals surface area contributed by atoms with Crippen molar-refractivity contribution in [2.75, 3.05) is 13.7 Å². The fourth-order valence-corrected chi connectivity index (χ4v) is 1.42. The van der Waals surface area contributed by atoms with E-state index in [4.69, 9.17) is 9.47 Å². The lowest BCUT2D eigenvalue weighted by Gasteiger charge is -2.11. The Bertz CT molecular complexity index is 470. The summed E-state index contributed by atoms with van der Waals surface area (Å²) >= 11 is 0. The molecule has 0 saturated carbocycles. The molecule has 0 unspecified atom stereocenters. The smallest absolute Gasteiger partial charge is 0.121 e. The number of hydrogen-bond donors (Lipinski definition) is 0. The lowest BCUT2D eigenvalue weighted by molar-refractivity contribution is 0.0717. The largest absolute Gasteiger partial charge is 0.491 e. The molecule has 3 heteroatoms. The summed E-state index contributed by atoms with van der Waals surface area (Å²) in [4.78, 5) is 4.28. The SMILES string of the molecule is CO[C@@H](C)COc1ccc2cccnc2c1. The van der Waals surface area contributed by atoms with Gasteiger partial charge in [-0.1, -0.05) is 6.07 Å². The van der Waals surface area contributed by atoms with Crippen LogP contribution in [0.25, 0.3) is 10.9 Å². The van der Waals surface area contributed by atoms with Crippen LogP contribution < -0.4 is 4.74 Å². The summed E-state index contributed by atoms with van der Waals surface area (Å²) in [7, 11) is 1.68. The summed E-state index contributed by atoms with van der Waals surface area (Å²) in [6, 6.07) is 9.86. The monoisotopic (exact) mass is 217 g/mol. The number of pyridine rings is 1. The molecule has 0 bridgehead atoms. The Kier molecular flexibility index (Phi) is 3.37. The predicted molar refractivity (Wildman–Crippen MR) is 63.7 cm³/mol. The van der Waals surface area contributed by atoms with Crippen molar-refractivity contribution in [1.29, 1.82) is 0 Å². The molecule has 0 radical (unpaired) electrons. The number of fused-ring (bicyclic) bond motifs is 1. The van der Waals surface area contributed by atoms with Crippen LogP contribution in [-0.2, 0) is 4.74 Å². The van der Waals surface area contributed by atoms with E-state index >= 15 is 0 Å². The molecule has 2 rings (SSSR count). The average Bonchev–Trinajstić information content (AvgIpc) is 2.35. The number of benzene rings is 1. The average molecular weight is 217 g/mol. The molecule has 2 aromatic rings. The van der Waals surface area contributed by atoms with Gasteiger partial charge in [0.2, 0.25) is 0 Å². The number of rotatable bonds is 4. The highest BCUT2D eigenvalue weighted by molar-refractivity contribution is 5.79. The maximum Gasteiger partial charge on any atom is 0.121 e. The Labute approximate surface area is 95.0 Å². The summed E-state index contributed by atoms with van der Waals surface area (Å²) in [6.07, 6.45) is 1.88. The molecule has 84 valence electrons. The zero-order valence-electron chi connectivity index (χ0n) is 9.51. The first-order valence-electron chi connectivity index (χ1n) is 5.30. The summed E-state index contributed by atoms with van der Waals surface area (Å²) in [5, 5.41) is 1.12. The van der Waals surface area contributed by atoms with Gasteiger partial charge in [-0.15, -0.1) is 0 Å².